The van der Waals surface area contributed by atoms with Crippen molar-refractivity contribution in [3.8, 4) is 70.0 Å². The van der Waals surface area contributed by atoms with E-state index >= 15 is 0 Å². The van der Waals surface area contributed by atoms with Gasteiger partial charge >= 0.3 is 22.8 Å². The minimum Gasteiger partial charge on any atom is -0.435 e. The van der Waals surface area contributed by atoms with Gasteiger partial charge in [-0.3, -0.25) is 60.8 Å². The molecule has 16 rings (SSSR count). The highest BCUT2D eigenvalue weighted by atomic mass is 35.5. The van der Waals surface area contributed by atoms with Gasteiger partial charge in [0.15, 0.2) is 23.0 Å². The summed E-state index contributed by atoms with van der Waals surface area (Å²) in [4.78, 5) is 103. The number of allylic oxidation sites excluding steroid dienone is 4. The van der Waals surface area contributed by atoms with Crippen molar-refractivity contribution in [3.05, 3.63) is 289 Å². The van der Waals surface area contributed by atoms with Gasteiger partial charge in [0.2, 0.25) is 46.4 Å². The Balaban J connectivity index is 0.000000142. The third-order valence-electron chi connectivity index (χ3n) is 19.1. The first-order valence-corrected chi connectivity index (χ1v) is 38.2. The quantitative estimate of drug-likeness (QED) is 0.0666. The highest BCUT2D eigenvalue weighted by molar-refractivity contribution is 6.39. The van der Waals surface area contributed by atoms with Crippen LogP contribution in [0.25, 0.3) is 22.7 Å². The number of hydrazone groups is 4. The van der Waals surface area contributed by atoms with E-state index in [1.54, 1.807) is 18.2 Å². The summed E-state index contributed by atoms with van der Waals surface area (Å²) in [7, 11) is 0. The number of nitrogens with zero attached hydrogens (tertiary/aromatic N) is 16. The van der Waals surface area contributed by atoms with E-state index in [2.05, 4.69) is 101 Å². The molecule has 0 saturated heterocycles. The third kappa shape index (κ3) is 16.9. The number of ether oxygens (including phenoxy) is 4. The maximum atomic E-state index is 12.4. The minimum absolute atomic E-state index is 0.0933. The van der Waals surface area contributed by atoms with E-state index in [-0.39, 0.29) is 87.6 Å². The molecule has 0 amide bonds. The number of aromatic nitrogens is 12. The lowest BCUT2D eigenvalue weighted by atomic mass is 10.0. The van der Waals surface area contributed by atoms with Gasteiger partial charge in [0.05, 0.1) is 80.5 Å². The Bertz CT molecular complexity index is 7040. The molecule has 0 radical (unpaired) electrons. The molecular formula is C77H59Cl7N24O12. The second kappa shape index (κ2) is 34.9. The highest BCUT2D eigenvalue weighted by Gasteiger charge is 2.36. The predicted molar refractivity (Wildman–Crippen MR) is 444 cm³/mol. The molecule has 43 heteroatoms. The summed E-state index contributed by atoms with van der Waals surface area (Å²) in [5.74, 6) is 1.91. The van der Waals surface area contributed by atoms with Crippen LogP contribution in [0.3, 0.4) is 0 Å². The van der Waals surface area contributed by atoms with Gasteiger partial charge < -0.3 is 18.9 Å². The molecule has 608 valence electrons. The van der Waals surface area contributed by atoms with Gasteiger partial charge in [-0.1, -0.05) is 135 Å². The van der Waals surface area contributed by atoms with Crippen molar-refractivity contribution in [2.45, 2.75) is 91.9 Å². The summed E-state index contributed by atoms with van der Waals surface area (Å²) in [6, 6.07) is 8.67. The molecule has 0 bridgehead atoms. The molecule has 0 saturated carbocycles. The molecule has 8 heterocycles. The fourth-order valence-corrected chi connectivity index (χ4v) is 15.2. The Morgan fingerprint density at radius 3 is 1.23 bits per heavy atom. The zero-order valence-electron chi connectivity index (χ0n) is 66.6. The summed E-state index contributed by atoms with van der Waals surface area (Å²) < 4.78 is 60.1. The van der Waals surface area contributed by atoms with Crippen LogP contribution in [0, 0.1) is 63.1 Å². The number of nitriles is 4. The molecule has 0 spiro atoms. The van der Waals surface area contributed by atoms with Crippen LogP contribution in [0.5, 0.6) is 23.0 Å². The first-order valence-electron chi connectivity index (χ1n) is 37.6. The number of hydrogen-bond acceptors (Lipinski definition) is 28. The largest absolute Gasteiger partial charge is 0.435 e. The summed E-state index contributed by atoms with van der Waals surface area (Å²) in [5, 5.41) is 67.1. The lowest BCUT2D eigenvalue weighted by Gasteiger charge is -2.22. The standard InChI is InChI=1S/C21H19ClN6O3.2C19H14Cl2N6O3.C18H12Cl2N6O3/c1-10(2)14-7-11(3)25-26-20(14)31-18-13-6-4-5-12(13)17(8-15(18)22)28-21(30)24-19(29)16(9-23)27-28;2*1-8-3-4-11-9(2)24-25-18(15(8)11)30-16-12(20)5-10(6-13(16)21)27-19(29)23-17(28)14(7-22)26-27;1-8-10-3-2-4-11(10)17(24-23-8)29-15-12(19)5-9(6-13(15)20)26-18(28)22-16(27)14(7-21)25-26/h7-8,10,25H,3-6H2,1-2H3,(H,24,29,30);2*5-6,8,24H,2-4H2,1H3,(H,23,28,29);5-6,23H,1-4H2,(H,22,27,28)/i;5D,6D;;5D,6D. The molecule has 4 aliphatic carbocycles. The molecule has 36 nitrogen and oxygen atoms in total. The highest BCUT2D eigenvalue weighted by Crippen LogP contribution is 2.46. The summed E-state index contributed by atoms with van der Waals surface area (Å²) in [6.45, 7) is 23.8. The maximum absolute atomic E-state index is 12.4. The minimum atomic E-state index is -1.06. The van der Waals surface area contributed by atoms with Crippen molar-refractivity contribution in [1.29, 1.82) is 21.0 Å². The number of hydrogen-bond donors (Lipinski definition) is 8. The number of H-pyrrole nitrogens is 4. The third-order valence-corrected chi connectivity index (χ3v) is 21.0. The molecule has 4 aromatic carbocycles. The van der Waals surface area contributed by atoms with Crippen LogP contribution in [0.4, 0.5) is 0 Å². The number of rotatable bonds is 9. The van der Waals surface area contributed by atoms with E-state index < -0.39 is 103 Å². The summed E-state index contributed by atoms with van der Waals surface area (Å²) in [6.07, 6.45) is 9.96. The van der Waals surface area contributed by atoms with Crippen molar-refractivity contribution < 1.29 is 24.4 Å². The van der Waals surface area contributed by atoms with Gasteiger partial charge in [0, 0.05) is 33.6 Å². The van der Waals surface area contributed by atoms with Gasteiger partial charge in [-0.2, -0.15) is 39.8 Å². The molecule has 4 aliphatic heterocycles. The Hall–Kier alpha value is -13.7. The van der Waals surface area contributed by atoms with Crippen molar-refractivity contribution >= 4 is 105 Å². The molecule has 8 aliphatic rings. The summed E-state index contributed by atoms with van der Waals surface area (Å²) in [5.41, 5.74) is 12.3. The topological polar surface area (TPSA) is 501 Å². The average molecular weight is 1760 g/mol. The molecule has 2 unspecified atom stereocenters. The summed E-state index contributed by atoms with van der Waals surface area (Å²) >= 11 is 44.6. The smallest absolute Gasteiger partial charge is 0.349 e. The molecule has 0 fully saturated rings. The normalized spacial score (nSPS) is 17.1. The van der Waals surface area contributed by atoms with Crippen LogP contribution in [0.1, 0.15) is 118 Å². The molecule has 2 atom stereocenters. The Labute approximate surface area is 715 Å². The van der Waals surface area contributed by atoms with E-state index in [0.717, 1.165) is 110 Å². The molecule has 8 N–H and O–H groups in total. The van der Waals surface area contributed by atoms with E-state index in [4.69, 9.17) is 127 Å². The number of fused-ring (bicyclic) bond motifs is 1. The van der Waals surface area contributed by atoms with Crippen molar-refractivity contribution in [2.24, 2.45) is 38.2 Å². The number of halogens is 7. The molecular weight excluding hydrogens is 1700 g/mol. The number of aromatic amines is 4. The Kier molecular flexibility index (Phi) is 22.9. The van der Waals surface area contributed by atoms with E-state index in [1.807, 2.05) is 41.8 Å². The van der Waals surface area contributed by atoms with Crippen molar-refractivity contribution in [3.63, 3.8) is 0 Å². The molecule has 4 aromatic heterocycles. The van der Waals surface area contributed by atoms with Crippen LogP contribution in [0.2, 0.25) is 35.2 Å². The first-order chi connectivity index (χ1) is 59.0. The van der Waals surface area contributed by atoms with E-state index in [9.17, 15) is 38.4 Å². The number of benzene rings is 4. The fourth-order valence-electron chi connectivity index (χ4n) is 13.4. The second-order valence-electron chi connectivity index (χ2n) is 27.1. The van der Waals surface area contributed by atoms with Crippen molar-refractivity contribution in [2.75, 3.05) is 0 Å². The Morgan fingerprint density at radius 1 is 0.433 bits per heavy atom. The average Bonchev–Trinajstić information content (AvgIpc) is 1.53. The van der Waals surface area contributed by atoms with Crippen LogP contribution in [-0.4, -0.2) is 82.6 Å². The molecule has 120 heavy (non-hydrogen) atoms. The van der Waals surface area contributed by atoms with Crippen LogP contribution < -0.4 is 85.6 Å². The first kappa shape index (κ1) is 78.8. The molecule has 8 aromatic rings. The monoisotopic (exact) mass is 1760 g/mol. The second-order valence-corrected chi connectivity index (χ2v) is 29.8. The lowest BCUT2D eigenvalue weighted by Crippen LogP contribution is -2.33. The SMILES string of the molecule is C=C1C=C(C(C)C)C(Oc2c(Cl)cc(-n3nc(C#N)c(=O)[nH]c3=O)c3c2CCC3)=NN1.C=C1NN=C(Oc2c(Cl)cc(-n3nc(C#N)c(=O)[nH]c3=O)cc2Cl)C2=C1CCC2C.[2H]c1c(Cl)c(OC2=NNC(=C)C3=C2C(C)CC3)c(Cl)c([2H])c1-n1nc(C#N)c(=O)[nH]c1=O.[2H]c1c(Cl)c(OC2=NNC(=C)C3=C2CCC3)c(Cl)c([2H])c1-n1nc(C#N)c(=O)[nH]c1=O. The predicted octanol–water partition coefficient (Wildman–Crippen LogP) is 9.99. The Morgan fingerprint density at radius 2 is 0.783 bits per heavy atom. The van der Waals surface area contributed by atoms with E-state index in [1.165, 1.54) is 24.3 Å². The zero-order valence-corrected chi connectivity index (χ0v) is 67.9. The van der Waals surface area contributed by atoms with E-state index in [0.29, 0.717) is 68.9 Å². The number of nitrogens with one attached hydrogen (secondary N) is 8. The van der Waals surface area contributed by atoms with Crippen LogP contribution >= 0.6 is 81.2 Å². The van der Waals surface area contributed by atoms with Gasteiger partial charge in [0.1, 0.15) is 24.3 Å². The van der Waals surface area contributed by atoms with Crippen LogP contribution in [0.15, 0.2) is 195 Å². The van der Waals surface area contributed by atoms with Gasteiger partial charge in [-0.15, -0.1) is 40.8 Å². The van der Waals surface area contributed by atoms with Crippen molar-refractivity contribution in [1.82, 2.24) is 80.8 Å². The van der Waals surface area contributed by atoms with Crippen LogP contribution in [-0.2, 0) is 12.8 Å². The zero-order chi connectivity index (χ0) is 89.6. The van der Waals surface area contributed by atoms with Gasteiger partial charge in [-0.25, -0.2) is 19.2 Å². The maximum Gasteiger partial charge on any atom is 0.349 e. The van der Waals surface area contributed by atoms with Gasteiger partial charge in [-0.05, 0) is 153 Å². The van der Waals surface area contributed by atoms with Gasteiger partial charge in [0.25, 0.3) is 22.2 Å². The fraction of sp³-hybridized carbons (Fsp3) is 0.221. The lowest BCUT2D eigenvalue weighted by molar-refractivity contribution is 0.522.